The highest BCUT2D eigenvalue weighted by atomic mass is 16.5. The van der Waals surface area contributed by atoms with Crippen LogP contribution in [-0.2, 0) is 28.7 Å². The first-order valence-electron chi connectivity index (χ1n) is 17.7. The number of carboxylic acids is 3. The average molecular weight is 667 g/mol. The number of carboxylic acid groups (broad SMARTS) is 3. The second-order valence-corrected chi connectivity index (χ2v) is 11.6. The van der Waals surface area contributed by atoms with Crippen LogP contribution in [0.15, 0.2) is 30.3 Å². The number of esters is 2. The lowest BCUT2D eigenvalue weighted by Crippen LogP contribution is -2.06. The Hall–Kier alpha value is -3.43. The van der Waals surface area contributed by atoms with Crippen LogP contribution in [0.5, 0.6) is 0 Å². The quantitative estimate of drug-likeness (QED) is 0.0609. The number of ether oxygens (including phenoxy) is 2. The first-order chi connectivity index (χ1) is 22.6. The van der Waals surface area contributed by atoms with Gasteiger partial charge in [0.25, 0.3) is 0 Å². The van der Waals surface area contributed by atoms with E-state index in [1.165, 1.54) is 25.7 Å². The van der Waals surface area contributed by atoms with Crippen molar-refractivity contribution in [1.82, 2.24) is 0 Å². The molecule has 270 valence electrons. The maximum Gasteiger partial charge on any atom is 0.335 e. The summed E-state index contributed by atoms with van der Waals surface area (Å²) in [6.45, 7) is 5.48. The minimum atomic E-state index is -0.879. The fourth-order valence-corrected chi connectivity index (χ4v) is 4.31. The van der Waals surface area contributed by atoms with Crippen LogP contribution in [-0.4, -0.2) is 58.4 Å². The second kappa shape index (κ2) is 35.4. The molecule has 0 saturated carbocycles. The fourth-order valence-electron chi connectivity index (χ4n) is 4.31. The smallest absolute Gasteiger partial charge is 0.335 e. The summed E-state index contributed by atoms with van der Waals surface area (Å²) in [7, 11) is 0. The van der Waals surface area contributed by atoms with Crippen molar-refractivity contribution in [2.24, 2.45) is 0 Å². The lowest BCUT2D eigenvalue weighted by atomic mass is 10.1. The Morgan fingerprint density at radius 1 is 0.468 bits per heavy atom. The van der Waals surface area contributed by atoms with Gasteiger partial charge < -0.3 is 24.8 Å². The molecule has 3 N–H and O–H groups in total. The minimum absolute atomic E-state index is 0.0665. The SMILES string of the molecule is CCCCCCOC(=O)CCCCCCCC(=O)OCCCCCC.O=C(O)CCCCCCCC(=O)O.O=C(O)c1ccccc1. The number of benzene rings is 1. The van der Waals surface area contributed by atoms with Crippen molar-refractivity contribution >= 4 is 29.8 Å². The molecule has 1 aromatic carbocycles. The predicted molar refractivity (Wildman–Crippen MR) is 184 cm³/mol. The Kier molecular flexibility index (Phi) is 34.4. The van der Waals surface area contributed by atoms with Gasteiger partial charge in [-0.05, 0) is 50.7 Å². The van der Waals surface area contributed by atoms with Crippen molar-refractivity contribution < 1.29 is 48.8 Å². The van der Waals surface area contributed by atoms with Gasteiger partial charge in [0.05, 0.1) is 18.8 Å². The maximum atomic E-state index is 11.5. The van der Waals surface area contributed by atoms with Crippen LogP contribution in [0.25, 0.3) is 0 Å². The van der Waals surface area contributed by atoms with E-state index in [1.807, 2.05) is 0 Å². The van der Waals surface area contributed by atoms with Crippen molar-refractivity contribution in [3.63, 3.8) is 0 Å². The van der Waals surface area contributed by atoms with Crippen LogP contribution in [0.2, 0.25) is 0 Å². The molecule has 0 aliphatic rings. The molecule has 0 aromatic heterocycles. The zero-order valence-corrected chi connectivity index (χ0v) is 29.1. The Labute approximate surface area is 282 Å². The summed E-state index contributed by atoms with van der Waals surface area (Å²) < 4.78 is 10.4. The lowest BCUT2D eigenvalue weighted by Gasteiger charge is -2.05. The van der Waals surface area contributed by atoms with E-state index in [9.17, 15) is 24.0 Å². The monoisotopic (exact) mass is 666 g/mol. The van der Waals surface area contributed by atoms with E-state index in [1.54, 1.807) is 30.3 Å². The molecule has 1 aromatic rings. The zero-order valence-electron chi connectivity index (χ0n) is 29.1. The van der Waals surface area contributed by atoms with Gasteiger partial charge in [0.2, 0.25) is 0 Å². The Bertz CT molecular complexity index is 869. The number of unbranched alkanes of at least 4 members (excludes halogenated alkanes) is 14. The third-order valence-electron chi connectivity index (χ3n) is 7.09. The third kappa shape index (κ3) is 38.7. The van der Waals surface area contributed by atoms with Gasteiger partial charge in [-0.15, -0.1) is 0 Å². The van der Waals surface area contributed by atoms with E-state index in [4.69, 9.17) is 24.8 Å². The predicted octanol–water partition coefficient (Wildman–Crippen LogP) is 9.24. The molecule has 0 saturated heterocycles. The summed E-state index contributed by atoms with van der Waals surface area (Å²) in [5, 5.41) is 25.0. The summed E-state index contributed by atoms with van der Waals surface area (Å²) in [4.78, 5) is 53.5. The minimum Gasteiger partial charge on any atom is -0.481 e. The summed E-state index contributed by atoms with van der Waals surface area (Å²) in [6.07, 6.45) is 19.5. The fraction of sp³-hybridized carbons (Fsp3) is 0.703. The molecule has 0 unspecified atom stereocenters. The van der Waals surface area contributed by atoms with Crippen molar-refractivity contribution in [2.75, 3.05) is 13.2 Å². The molecule has 0 amide bonds. The van der Waals surface area contributed by atoms with E-state index in [2.05, 4.69) is 13.8 Å². The number of carbonyl (C=O) groups excluding carboxylic acids is 2. The van der Waals surface area contributed by atoms with Gasteiger partial charge in [-0.25, -0.2) is 4.79 Å². The van der Waals surface area contributed by atoms with E-state index >= 15 is 0 Å². The normalized spacial score (nSPS) is 10.1. The van der Waals surface area contributed by atoms with Crippen LogP contribution >= 0.6 is 0 Å². The standard InChI is InChI=1S/C21H40O4.C9H16O4.C7H6O2/c1-3-5-7-14-18-24-20(22)16-12-10-9-11-13-17-21(23)25-19-15-8-6-4-2;10-8(11)6-4-2-1-3-5-7-9(12)13;8-7(9)6-4-2-1-3-5-6/h3-19H2,1-2H3;1-7H2,(H,10,11)(H,12,13);1-5H,(H,8,9). The summed E-state index contributed by atoms with van der Waals surface area (Å²) in [6, 6.07) is 8.30. The topological polar surface area (TPSA) is 165 Å². The van der Waals surface area contributed by atoms with E-state index in [0.29, 0.717) is 44.5 Å². The van der Waals surface area contributed by atoms with Crippen molar-refractivity contribution in [1.29, 1.82) is 0 Å². The number of carbonyl (C=O) groups is 5. The van der Waals surface area contributed by atoms with Crippen LogP contribution < -0.4 is 0 Å². The molecular weight excluding hydrogens is 604 g/mol. The van der Waals surface area contributed by atoms with E-state index in [0.717, 1.165) is 77.0 Å². The molecule has 0 bridgehead atoms. The first-order valence-corrected chi connectivity index (χ1v) is 17.7. The average Bonchev–Trinajstić information content (AvgIpc) is 3.04. The molecule has 1 rings (SSSR count). The Morgan fingerprint density at radius 2 is 0.809 bits per heavy atom. The van der Waals surface area contributed by atoms with Crippen LogP contribution in [0, 0.1) is 0 Å². The highest BCUT2D eigenvalue weighted by molar-refractivity contribution is 5.87. The number of hydrogen-bond donors (Lipinski definition) is 3. The van der Waals surface area contributed by atoms with Crippen molar-refractivity contribution in [3.05, 3.63) is 35.9 Å². The van der Waals surface area contributed by atoms with Gasteiger partial charge in [0.15, 0.2) is 0 Å². The van der Waals surface area contributed by atoms with Gasteiger partial charge in [0, 0.05) is 25.7 Å². The number of aliphatic carboxylic acids is 2. The Balaban J connectivity index is 0. The second-order valence-electron chi connectivity index (χ2n) is 11.6. The number of rotatable bonds is 27. The molecule has 10 nitrogen and oxygen atoms in total. The molecule has 0 spiro atoms. The largest absolute Gasteiger partial charge is 0.481 e. The van der Waals surface area contributed by atoms with Gasteiger partial charge in [-0.1, -0.05) is 109 Å². The maximum absolute atomic E-state index is 11.5. The number of hydrogen-bond acceptors (Lipinski definition) is 7. The molecule has 0 heterocycles. The van der Waals surface area contributed by atoms with E-state index in [-0.39, 0.29) is 24.8 Å². The third-order valence-corrected chi connectivity index (χ3v) is 7.09. The molecule has 0 atom stereocenters. The molecular formula is C37H62O10. The highest BCUT2D eigenvalue weighted by Crippen LogP contribution is 2.10. The molecule has 0 aliphatic carbocycles. The van der Waals surface area contributed by atoms with Gasteiger partial charge in [-0.3, -0.25) is 19.2 Å². The number of aromatic carboxylic acids is 1. The summed E-state index contributed by atoms with van der Waals surface area (Å²) >= 11 is 0. The highest BCUT2D eigenvalue weighted by Gasteiger charge is 2.05. The van der Waals surface area contributed by atoms with Gasteiger partial charge in [-0.2, -0.15) is 0 Å². The Morgan fingerprint density at radius 3 is 1.13 bits per heavy atom. The zero-order chi connectivity index (χ0) is 35.4. The molecule has 0 aliphatic heterocycles. The van der Waals surface area contributed by atoms with Crippen molar-refractivity contribution in [3.8, 4) is 0 Å². The van der Waals surface area contributed by atoms with Crippen molar-refractivity contribution in [2.45, 2.75) is 155 Å². The summed E-state index contributed by atoms with van der Waals surface area (Å²) in [5.41, 5.74) is 0.331. The van der Waals surface area contributed by atoms with E-state index < -0.39 is 17.9 Å². The molecule has 10 heteroatoms. The van der Waals surface area contributed by atoms with Crippen LogP contribution in [0.3, 0.4) is 0 Å². The lowest BCUT2D eigenvalue weighted by molar-refractivity contribution is -0.144. The van der Waals surface area contributed by atoms with Gasteiger partial charge >= 0.3 is 29.8 Å². The van der Waals surface area contributed by atoms with Crippen LogP contribution in [0.4, 0.5) is 0 Å². The van der Waals surface area contributed by atoms with Crippen LogP contribution in [0.1, 0.15) is 165 Å². The van der Waals surface area contributed by atoms with Gasteiger partial charge in [0.1, 0.15) is 0 Å². The first kappa shape index (κ1) is 45.7. The summed E-state index contributed by atoms with van der Waals surface area (Å²) in [5.74, 6) is -2.53. The molecule has 47 heavy (non-hydrogen) atoms. The molecule has 0 fully saturated rings. The molecule has 0 radical (unpaired) electrons.